The second-order valence-electron chi connectivity index (χ2n) is 5.08. The Bertz CT molecular complexity index is 845. The van der Waals surface area contributed by atoms with Gasteiger partial charge in [-0.05, 0) is 28.5 Å². The van der Waals surface area contributed by atoms with E-state index < -0.39 is 5.97 Å². The molecule has 1 amide bonds. The van der Waals surface area contributed by atoms with E-state index in [9.17, 15) is 9.59 Å². The first-order chi connectivity index (χ1) is 11.0. The van der Waals surface area contributed by atoms with Gasteiger partial charge >= 0.3 is 5.97 Å². The van der Waals surface area contributed by atoms with Gasteiger partial charge in [-0.3, -0.25) is 14.5 Å². The Balaban J connectivity index is 1.85. The molecule has 0 unspecified atom stereocenters. The van der Waals surface area contributed by atoms with Crippen LogP contribution < -0.4 is 0 Å². The number of hydrogen-bond acceptors (Lipinski definition) is 4. The summed E-state index contributed by atoms with van der Waals surface area (Å²) in [6.45, 7) is 0.106. The van der Waals surface area contributed by atoms with Crippen molar-refractivity contribution in [1.29, 1.82) is 0 Å². The first-order valence-electron chi connectivity index (χ1n) is 7.00. The Kier molecular flexibility index (Phi) is 4.45. The molecule has 0 atom stereocenters. The molecule has 116 valence electrons. The number of thioether (sulfide) groups is 1. The van der Waals surface area contributed by atoms with Gasteiger partial charge in [0, 0.05) is 6.54 Å². The monoisotopic (exact) mass is 343 g/mol. The van der Waals surface area contributed by atoms with Crippen LogP contribution in [-0.4, -0.2) is 32.7 Å². The third-order valence-corrected chi connectivity index (χ3v) is 4.87. The molecule has 0 aliphatic carbocycles. The van der Waals surface area contributed by atoms with E-state index in [4.69, 9.17) is 17.3 Å². The van der Waals surface area contributed by atoms with Crippen LogP contribution in [0.3, 0.4) is 0 Å². The molecular formula is C17H13NO3S2. The Hall–Kier alpha value is -2.18. The minimum atomic E-state index is -0.947. The number of carboxylic acid groups (broad SMARTS) is 1. The third-order valence-electron chi connectivity index (χ3n) is 3.49. The lowest BCUT2D eigenvalue weighted by atomic mass is 10.1. The highest BCUT2D eigenvalue weighted by Gasteiger charge is 2.31. The summed E-state index contributed by atoms with van der Waals surface area (Å²) in [5.41, 5.74) is 0.919. The summed E-state index contributed by atoms with van der Waals surface area (Å²) in [5.74, 6) is -1.17. The van der Waals surface area contributed by atoms with Crippen molar-refractivity contribution in [3.63, 3.8) is 0 Å². The van der Waals surface area contributed by atoms with E-state index >= 15 is 0 Å². The zero-order valence-electron chi connectivity index (χ0n) is 12.1. The van der Waals surface area contributed by atoms with Gasteiger partial charge in [0.15, 0.2) is 0 Å². The Morgan fingerprint density at radius 2 is 1.96 bits per heavy atom. The summed E-state index contributed by atoms with van der Waals surface area (Å²) in [6.07, 6.45) is 1.68. The van der Waals surface area contributed by atoms with E-state index in [2.05, 4.69) is 0 Å². The summed E-state index contributed by atoms with van der Waals surface area (Å²) in [5, 5.41) is 11.0. The average molecular weight is 343 g/mol. The minimum absolute atomic E-state index is 0.106. The van der Waals surface area contributed by atoms with Gasteiger partial charge in [-0.25, -0.2) is 0 Å². The van der Waals surface area contributed by atoms with Crippen LogP contribution in [0.15, 0.2) is 47.4 Å². The zero-order valence-corrected chi connectivity index (χ0v) is 13.7. The molecule has 0 spiro atoms. The number of fused-ring (bicyclic) bond motifs is 1. The predicted octanol–water partition coefficient (Wildman–Crippen LogP) is 3.52. The molecule has 3 rings (SSSR count). The Labute approximate surface area is 142 Å². The Morgan fingerprint density at radius 3 is 2.70 bits per heavy atom. The smallest absolute Gasteiger partial charge is 0.305 e. The largest absolute Gasteiger partial charge is 0.481 e. The van der Waals surface area contributed by atoms with Crippen molar-refractivity contribution in [2.75, 3.05) is 6.54 Å². The van der Waals surface area contributed by atoms with Crippen LogP contribution in [-0.2, 0) is 9.59 Å². The number of rotatable bonds is 4. The lowest BCUT2D eigenvalue weighted by molar-refractivity contribution is -0.137. The van der Waals surface area contributed by atoms with Gasteiger partial charge in [-0.15, -0.1) is 0 Å². The standard InChI is InChI=1S/C17H13NO3S2/c19-15(20)7-8-18-16(21)14(23-17(18)22)10-11-5-6-12-3-1-2-4-13(12)9-11/h1-6,9-10H,7-8H2,(H,19,20)/b14-10+. The van der Waals surface area contributed by atoms with E-state index in [0.29, 0.717) is 9.23 Å². The van der Waals surface area contributed by atoms with Gasteiger partial charge in [0.25, 0.3) is 5.91 Å². The van der Waals surface area contributed by atoms with Crippen molar-refractivity contribution in [3.05, 3.63) is 52.9 Å². The predicted molar refractivity (Wildman–Crippen MR) is 96.1 cm³/mol. The summed E-state index contributed by atoms with van der Waals surface area (Å²) in [6, 6.07) is 14.0. The fraction of sp³-hybridized carbons (Fsp3) is 0.118. The van der Waals surface area contributed by atoms with Gasteiger partial charge in [0.2, 0.25) is 0 Å². The SMILES string of the molecule is O=C(O)CCN1C(=O)/C(=C\c2ccc3ccccc3c2)SC1=S. The molecule has 1 fully saturated rings. The molecule has 1 aliphatic heterocycles. The quantitative estimate of drug-likeness (QED) is 0.680. The normalized spacial score (nSPS) is 16.5. The lowest BCUT2D eigenvalue weighted by Crippen LogP contribution is -2.30. The second kappa shape index (κ2) is 6.52. The van der Waals surface area contributed by atoms with E-state index in [1.54, 1.807) is 6.08 Å². The van der Waals surface area contributed by atoms with E-state index in [1.807, 2.05) is 42.5 Å². The molecule has 4 nitrogen and oxygen atoms in total. The average Bonchev–Trinajstić information content (AvgIpc) is 2.79. The number of carbonyl (C=O) groups is 2. The van der Waals surface area contributed by atoms with Crippen LogP contribution in [0.2, 0.25) is 0 Å². The van der Waals surface area contributed by atoms with Crippen molar-refractivity contribution in [2.45, 2.75) is 6.42 Å². The summed E-state index contributed by atoms with van der Waals surface area (Å²) < 4.78 is 0.406. The fourth-order valence-corrected chi connectivity index (χ4v) is 3.66. The highest BCUT2D eigenvalue weighted by Crippen LogP contribution is 2.33. The van der Waals surface area contributed by atoms with Gasteiger partial charge in [0.05, 0.1) is 11.3 Å². The molecule has 0 bridgehead atoms. The van der Waals surface area contributed by atoms with Crippen LogP contribution in [0.5, 0.6) is 0 Å². The molecule has 2 aromatic rings. The van der Waals surface area contributed by atoms with Gasteiger partial charge in [-0.2, -0.15) is 0 Å². The fourth-order valence-electron chi connectivity index (χ4n) is 2.35. The number of carbonyl (C=O) groups excluding carboxylic acids is 1. The maximum Gasteiger partial charge on any atom is 0.305 e. The van der Waals surface area contributed by atoms with Crippen molar-refractivity contribution < 1.29 is 14.7 Å². The third kappa shape index (κ3) is 3.43. The van der Waals surface area contributed by atoms with Crippen LogP contribution in [0.4, 0.5) is 0 Å². The molecule has 6 heteroatoms. The zero-order chi connectivity index (χ0) is 16.4. The molecule has 0 radical (unpaired) electrons. The van der Waals surface area contributed by atoms with Gasteiger partial charge in [0.1, 0.15) is 4.32 Å². The van der Waals surface area contributed by atoms with Crippen LogP contribution in [0.1, 0.15) is 12.0 Å². The molecule has 1 heterocycles. The number of hydrogen-bond donors (Lipinski definition) is 1. The topological polar surface area (TPSA) is 57.6 Å². The second-order valence-corrected chi connectivity index (χ2v) is 6.76. The maximum atomic E-state index is 12.4. The van der Waals surface area contributed by atoms with Crippen molar-refractivity contribution in [3.8, 4) is 0 Å². The summed E-state index contributed by atoms with van der Waals surface area (Å²) in [4.78, 5) is 24.9. The number of carboxylic acids is 1. The van der Waals surface area contributed by atoms with Gasteiger partial charge < -0.3 is 5.11 Å². The van der Waals surface area contributed by atoms with Gasteiger partial charge in [-0.1, -0.05) is 60.4 Å². The minimum Gasteiger partial charge on any atom is -0.481 e. The van der Waals surface area contributed by atoms with Crippen LogP contribution >= 0.6 is 24.0 Å². The summed E-state index contributed by atoms with van der Waals surface area (Å²) in [7, 11) is 0. The van der Waals surface area contributed by atoms with Crippen molar-refractivity contribution >= 4 is 57.0 Å². The number of aliphatic carboxylic acids is 1. The molecule has 1 N–H and O–H groups in total. The number of benzene rings is 2. The van der Waals surface area contributed by atoms with E-state index in [1.165, 1.54) is 16.7 Å². The van der Waals surface area contributed by atoms with E-state index in [-0.39, 0.29) is 18.9 Å². The first kappa shape index (κ1) is 15.7. The molecule has 1 saturated heterocycles. The number of nitrogens with zero attached hydrogens (tertiary/aromatic N) is 1. The molecule has 23 heavy (non-hydrogen) atoms. The van der Waals surface area contributed by atoms with Crippen LogP contribution in [0.25, 0.3) is 16.8 Å². The summed E-state index contributed by atoms with van der Waals surface area (Å²) >= 11 is 6.38. The van der Waals surface area contributed by atoms with Crippen molar-refractivity contribution in [2.24, 2.45) is 0 Å². The highest BCUT2D eigenvalue weighted by molar-refractivity contribution is 8.26. The molecule has 1 aliphatic rings. The molecule has 2 aromatic carbocycles. The molecule has 0 aromatic heterocycles. The maximum absolute atomic E-state index is 12.4. The lowest BCUT2D eigenvalue weighted by Gasteiger charge is -2.12. The van der Waals surface area contributed by atoms with Crippen LogP contribution in [0, 0.1) is 0 Å². The molecular weight excluding hydrogens is 330 g/mol. The molecule has 0 saturated carbocycles. The van der Waals surface area contributed by atoms with Crippen molar-refractivity contribution in [1.82, 2.24) is 4.90 Å². The Morgan fingerprint density at radius 1 is 1.22 bits per heavy atom. The highest BCUT2D eigenvalue weighted by atomic mass is 32.2. The number of thiocarbonyl (C=S) groups is 1. The number of amides is 1. The first-order valence-corrected chi connectivity index (χ1v) is 8.23. The van der Waals surface area contributed by atoms with E-state index in [0.717, 1.165) is 16.3 Å².